The van der Waals surface area contributed by atoms with Gasteiger partial charge in [0.25, 0.3) is 11.1 Å². The van der Waals surface area contributed by atoms with Crippen LogP contribution >= 0.6 is 23.1 Å². The van der Waals surface area contributed by atoms with Crippen molar-refractivity contribution in [2.45, 2.75) is 18.6 Å². The molecule has 0 bridgehead atoms. The van der Waals surface area contributed by atoms with Crippen LogP contribution in [-0.4, -0.2) is 27.0 Å². The number of thioether (sulfide) groups is 1. The zero-order valence-electron chi connectivity index (χ0n) is 9.04. The lowest BCUT2D eigenvalue weighted by Crippen LogP contribution is -1.97. The summed E-state index contributed by atoms with van der Waals surface area (Å²) >= 11 is 2.57. The van der Waals surface area contributed by atoms with Gasteiger partial charge in [0.15, 0.2) is 0 Å². The van der Waals surface area contributed by atoms with Crippen molar-refractivity contribution in [3.8, 4) is 10.8 Å². The summed E-state index contributed by atoms with van der Waals surface area (Å²) in [4.78, 5) is 11.4. The predicted molar refractivity (Wildman–Crippen MR) is 65.3 cm³/mol. The van der Waals surface area contributed by atoms with Gasteiger partial charge < -0.3 is 9.52 Å². The molecule has 0 saturated carbocycles. The average Bonchev–Trinajstić information content (AvgIpc) is 2.94. The first kappa shape index (κ1) is 12.1. The molecule has 0 spiro atoms. The van der Waals surface area contributed by atoms with Crippen molar-refractivity contribution >= 4 is 29.1 Å². The molecule has 0 aromatic carbocycles. The van der Waals surface area contributed by atoms with Gasteiger partial charge in [-0.2, -0.15) is 0 Å². The number of carboxylic acids is 1. The molecule has 17 heavy (non-hydrogen) atoms. The topological polar surface area (TPSA) is 76.2 Å². The van der Waals surface area contributed by atoms with E-state index in [0.717, 1.165) is 28.6 Å². The number of aromatic nitrogens is 2. The van der Waals surface area contributed by atoms with E-state index in [4.69, 9.17) is 9.52 Å². The molecule has 2 aromatic rings. The van der Waals surface area contributed by atoms with Gasteiger partial charge in [-0.1, -0.05) is 18.7 Å². The van der Waals surface area contributed by atoms with Crippen LogP contribution in [0.2, 0.25) is 0 Å². The van der Waals surface area contributed by atoms with E-state index in [-0.39, 0.29) is 11.0 Å². The molecule has 0 aliphatic rings. The summed E-state index contributed by atoms with van der Waals surface area (Å²) in [6.45, 7) is 2.06. The summed E-state index contributed by atoms with van der Waals surface area (Å²) in [6, 6.07) is 2.02. The maximum Gasteiger partial charge on any atom is 0.314 e. The summed E-state index contributed by atoms with van der Waals surface area (Å²) in [7, 11) is 0. The molecule has 0 radical (unpaired) electrons. The maximum atomic E-state index is 10.4. The number of rotatable bonds is 5. The normalized spacial score (nSPS) is 10.6. The van der Waals surface area contributed by atoms with Gasteiger partial charge in [0.05, 0.1) is 4.88 Å². The average molecular weight is 270 g/mol. The van der Waals surface area contributed by atoms with Crippen LogP contribution in [0.5, 0.6) is 0 Å². The second kappa shape index (κ2) is 5.33. The van der Waals surface area contributed by atoms with Gasteiger partial charge in [-0.25, -0.2) is 0 Å². The van der Waals surface area contributed by atoms with Crippen LogP contribution in [0.1, 0.15) is 12.5 Å². The number of aliphatic carboxylic acids is 1. The number of carbonyl (C=O) groups is 1. The summed E-state index contributed by atoms with van der Waals surface area (Å²) in [5, 5.41) is 18.5. The lowest BCUT2D eigenvalue weighted by atomic mass is 10.2. The van der Waals surface area contributed by atoms with E-state index in [9.17, 15) is 4.79 Å². The zero-order valence-corrected chi connectivity index (χ0v) is 10.7. The minimum absolute atomic E-state index is 0.0767. The molecule has 0 amide bonds. The summed E-state index contributed by atoms with van der Waals surface area (Å²) < 4.78 is 5.41. The lowest BCUT2D eigenvalue weighted by Gasteiger charge is -1.94. The van der Waals surface area contributed by atoms with E-state index >= 15 is 0 Å². The molecule has 5 nitrogen and oxygen atoms in total. The summed E-state index contributed by atoms with van der Waals surface area (Å²) in [5.41, 5.74) is 1.16. The Morgan fingerprint density at radius 3 is 3.12 bits per heavy atom. The Labute approximate surface area is 106 Å². The molecule has 7 heteroatoms. The minimum Gasteiger partial charge on any atom is -0.481 e. The lowest BCUT2D eigenvalue weighted by molar-refractivity contribution is -0.133. The molecule has 0 saturated heterocycles. The van der Waals surface area contributed by atoms with E-state index in [1.165, 1.54) is 0 Å². The van der Waals surface area contributed by atoms with E-state index < -0.39 is 5.97 Å². The first-order valence-electron chi connectivity index (χ1n) is 4.95. The SMILES string of the molecule is CCc1ccsc1-c1nnc(SCC(=O)O)o1. The molecule has 2 rings (SSSR count). The highest BCUT2D eigenvalue weighted by atomic mass is 32.2. The molecular formula is C10H10N2O3S2. The fraction of sp³-hybridized carbons (Fsp3) is 0.300. The van der Waals surface area contributed by atoms with E-state index in [2.05, 4.69) is 17.1 Å². The molecule has 2 heterocycles. The number of hydrogen-bond acceptors (Lipinski definition) is 6. The van der Waals surface area contributed by atoms with Crippen LogP contribution < -0.4 is 0 Å². The Morgan fingerprint density at radius 1 is 1.59 bits per heavy atom. The van der Waals surface area contributed by atoms with Gasteiger partial charge in [0, 0.05) is 0 Å². The molecule has 0 aliphatic heterocycles. The molecule has 0 unspecified atom stereocenters. The van der Waals surface area contributed by atoms with Crippen molar-refractivity contribution in [1.82, 2.24) is 10.2 Å². The minimum atomic E-state index is -0.903. The smallest absolute Gasteiger partial charge is 0.314 e. The van der Waals surface area contributed by atoms with E-state index in [1.807, 2.05) is 11.4 Å². The molecule has 0 aliphatic carbocycles. The van der Waals surface area contributed by atoms with Gasteiger partial charge in [0.2, 0.25) is 0 Å². The monoisotopic (exact) mass is 270 g/mol. The van der Waals surface area contributed by atoms with Crippen LogP contribution in [0.4, 0.5) is 0 Å². The third-order valence-corrected chi connectivity index (χ3v) is 3.80. The number of carboxylic acid groups (broad SMARTS) is 1. The van der Waals surface area contributed by atoms with Crippen LogP contribution in [0.25, 0.3) is 10.8 Å². The molecular weight excluding hydrogens is 260 g/mol. The number of thiophene rings is 1. The fourth-order valence-electron chi connectivity index (χ4n) is 1.29. The maximum absolute atomic E-state index is 10.4. The van der Waals surface area contributed by atoms with Crippen molar-refractivity contribution in [2.24, 2.45) is 0 Å². The number of aryl methyl sites for hydroxylation is 1. The predicted octanol–water partition coefficient (Wildman–Crippen LogP) is 2.54. The van der Waals surface area contributed by atoms with Gasteiger partial charge in [-0.3, -0.25) is 4.79 Å². The standard InChI is InChI=1S/C10H10N2O3S2/c1-2-6-3-4-16-8(6)9-11-12-10(15-9)17-5-7(13)14/h3-4H,2,5H2,1H3,(H,13,14). The highest BCUT2D eigenvalue weighted by molar-refractivity contribution is 7.99. The molecule has 1 N–H and O–H groups in total. The number of nitrogens with zero attached hydrogens (tertiary/aromatic N) is 2. The van der Waals surface area contributed by atoms with E-state index in [0.29, 0.717) is 5.89 Å². The Morgan fingerprint density at radius 2 is 2.41 bits per heavy atom. The Bertz CT molecular complexity index is 521. The van der Waals surface area contributed by atoms with Crippen LogP contribution in [0, 0.1) is 0 Å². The second-order valence-electron chi connectivity index (χ2n) is 3.18. The molecule has 90 valence electrons. The van der Waals surface area contributed by atoms with Crippen molar-refractivity contribution in [2.75, 3.05) is 5.75 Å². The zero-order chi connectivity index (χ0) is 12.3. The second-order valence-corrected chi connectivity index (χ2v) is 5.03. The highest BCUT2D eigenvalue weighted by Crippen LogP contribution is 2.30. The first-order chi connectivity index (χ1) is 8.20. The molecule has 0 atom stereocenters. The fourth-order valence-corrected chi connectivity index (χ4v) is 2.68. The van der Waals surface area contributed by atoms with Crippen molar-refractivity contribution < 1.29 is 14.3 Å². The van der Waals surface area contributed by atoms with Crippen molar-refractivity contribution in [3.05, 3.63) is 17.0 Å². The summed E-state index contributed by atoms with van der Waals surface area (Å²) in [6.07, 6.45) is 0.902. The van der Waals surface area contributed by atoms with Gasteiger partial charge in [-0.05, 0) is 23.4 Å². The van der Waals surface area contributed by atoms with Gasteiger partial charge >= 0.3 is 5.97 Å². The van der Waals surface area contributed by atoms with Crippen molar-refractivity contribution in [1.29, 1.82) is 0 Å². The van der Waals surface area contributed by atoms with E-state index in [1.54, 1.807) is 11.3 Å². The Hall–Kier alpha value is -1.34. The first-order valence-corrected chi connectivity index (χ1v) is 6.82. The third-order valence-electron chi connectivity index (χ3n) is 2.05. The van der Waals surface area contributed by atoms with Crippen LogP contribution in [-0.2, 0) is 11.2 Å². The molecule has 0 fully saturated rings. The van der Waals surface area contributed by atoms with Gasteiger partial charge in [-0.15, -0.1) is 21.5 Å². The quantitative estimate of drug-likeness (QED) is 0.841. The number of hydrogen-bond donors (Lipinski definition) is 1. The van der Waals surface area contributed by atoms with Crippen molar-refractivity contribution in [3.63, 3.8) is 0 Å². The Kier molecular flexibility index (Phi) is 3.80. The van der Waals surface area contributed by atoms with Crippen LogP contribution in [0.3, 0.4) is 0 Å². The Balaban J connectivity index is 2.15. The largest absolute Gasteiger partial charge is 0.481 e. The van der Waals surface area contributed by atoms with Crippen LogP contribution in [0.15, 0.2) is 21.1 Å². The van der Waals surface area contributed by atoms with Gasteiger partial charge in [0.1, 0.15) is 5.75 Å². The molecule has 2 aromatic heterocycles. The third kappa shape index (κ3) is 2.86. The summed E-state index contributed by atoms with van der Waals surface area (Å²) in [5.74, 6) is -0.517. The highest BCUT2D eigenvalue weighted by Gasteiger charge is 2.14.